The van der Waals surface area contributed by atoms with Gasteiger partial charge in [0.2, 0.25) is 10.0 Å². The Kier molecular flexibility index (Phi) is 5.86. The molecule has 1 aliphatic heterocycles. The number of hydrogen-bond acceptors (Lipinski definition) is 8. The number of anilines is 1. The van der Waals surface area contributed by atoms with Crippen molar-refractivity contribution >= 4 is 27.4 Å². The van der Waals surface area contributed by atoms with Crippen LogP contribution in [0.5, 0.6) is 0 Å². The van der Waals surface area contributed by atoms with E-state index in [-0.39, 0.29) is 41.7 Å². The third-order valence-electron chi connectivity index (χ3n) is 5.98. The van der Waals surface area contributed by atoms with Crippen LogP contribution in [0.25, 0.3) is 16.9 Å². The van der Waals surface area contributed by atoms with Gasteiger partial charge in [-0.3, -0.25) is 4.79 Å². The number of imidazole rings is 2. The average molecular weight is 536 g/mol. The number of nitrogens with two attached hydrogens (primary N) is 1. The summed E-state index contributed by atoms with van der Waals surface area (Å²) in [6, 6.07) is 4.61. The van der Waals surface area contributed by atoms with Crippen molar-refractivity contribution in [2.45, 2.75) is 31.1 Å². The van der Waals surface area contributed by atoms with Gasteiger partial charge in [-0.15, -0.1) is 0 Å². The molecule has 0 radical (unpaired) electrons. The number of hydrogen-bond donors (Lipinski definition) is 2. The highest BCUT2D eigenvalue weighted by molar-refractivity contribution is 7.89. The molecule has 194 valence electrons. The molecule has 0 fully saturated rings. The molecule has 1 aromatic carbocycles. The summed E-state index contributed by atoms with van der Waals surface area (Å²) < 4.78 is 68.9. The Hall–Kier alpha value is -4.05. The zero-order valence-corrected chi connectivity index (χ0v) is 20.1. The third-order valence-corrected chi connectivity index (χ3v) is 7.82. The minimum atomic E-state index is -4.59. The number of nitrogens with one attached hydrogen (secondary N) is 1. The predicted octanol–water partition coefficient (Wildman–Crippen LogP) is 1.38. The first-order chi connectivity index (χ1) is 17.5. The third kappa shape index (κ3) is 4.48. The van der Waals surface area contributed by atoms with Gasteiger partial charge >= 0.3 is 6.18 Å². The molecule has 0 aliphatic carbocycles. The average Bonchev–Trinajstić information content (AvgIpc) is 3.47. The number of halogens is 3. The first-order valence-corrected chi connectivity index (χ1v) is 12.3. The maximum atomic E-state index is 13.6. The summed E-state index contributed by atoms with van der Waals surface area (Å²) in [5, 5.41) is 5.93. The molecule has 4 aromatic rings. The molecule has 5 rings (SSSR count). The molecular formula is C21H20F3N9O3S. The van der Waals surface area contributed by atoms with Gasteiger partial charge in [0.1, 0.15) is 12.9 Å². The van der Waals surface area contributed by atoms with E-state index < -0.39 is 28.7 Å². The number of aromatic nitrogens is 6. The van der Waals surface area contributed by atoms with Crippen molar-refractivity contribution in [3.63, 3.8) is 0 Å². The van der Waals surface area contributed by atoms with Gasteiger partial charge in [0, 0.05) is 18.7 Å². The van der Waals surface area contributed by atoms with Gasteiger partial charge in [-0.2, -0.15) is 22.6 Å². The number of nitrogen functional groups attached to an aromatic ring is 1. The fraction of sp³-hybridized carbons (Fsp3) is 0.286. The van der Waals surface area contributed by atoms with E-state index in [1.807, 2.05) is 0 Å². The fourth-order valence-electron chi connectivity index (χ4n) is 4.10. The second kappa shape index (κ2) is 8.81. The van der Waals surface area contributed by atoms with Gasteiger partial charge in [-0.05, 0) is 24.6 Å². The Bertz CT molecular complexity index is 1630. The van der Waals surface area contributed by atoms with Gasteiger partial charge in [0.05, 0.1) is 35.4 Å². The number of nitrogens with zero attached hydrogens (tertiary/aromatic N) is 7. The molecule has 0 saturated carbocycles. The van der Waals surface area contributed by atoms with Crippen LogP contribution in [0.3, 0.4) is 0 Å². The molecule has 0 bridgehead atoms. The van der Waals surface area contributed by atoms with Crippen LogP contribution < -0.4 is 11.1 Å². The van der Waals surface area contributed by atoms with Crippen molar-refractivity contribution < 1.29 is 26.4 Å². The van der Waals surface area contributed by atoms with E-state index >= 15 is 0 Å². The minimum absolute atomic E-state index is 0.0129. The van der Waals surface area contributed by atoms with Crippen LogP contribution >= 0.6 is 0 Å². The lowest BCUT2D eigenvalue weighted by Crippen LogP contribution is -2.39. The summed E-state index contributed by atoms with van der Waals surface area (Å²) in [5.74, 6) is -0.862. The number of carbonyl (C=O) groups excluding carboxylic acids is 1. The molecule has 0 atom stereocenters. The molecule has 1 aliphatic rings. The second-order valence-electron chi connectivity index (χ2n) is 8.37. The SMILES string of the molecule is Cc1ccc(S(=O)(=O)N2CCn3cnc(C(=O)NCC(F)(F)F)c3C2)cc1-c1cnc2c(N)ncnn12. The van der Waals surface area contributed by atoms with Crippen LogP contribution in [-0.4, -0.2) is 67.0 Å². The number of sulfonamides is 1. The van der Waals surface area contributed by atoms with E-state index in [0.717, 1.165) is 9.87 Å². The molecule has 3 aromatic heterocycles. The highest BCUT2D eigenvalue weighted by Crippen LogP contribution is 2.30. The largest absolute Gasteiger partial charge is 0.405 e. The lowest BCUT2D eigenvalue weighted by molar-refractivity contribution is -0.123. The first kappa shape index (κ1) is 24.6. The number of aryl methyl sites for hydroxylation is 1. The van der Waals surface area contributed by atoms with Gasteiger partial charge in [-0.25, -0.2) is 27.9 Å². The zero-order valence-electron chi connectivity index (χ0n) is 19.3. The van der Waals surface area contributed by atoms with Crippen LogP contribution in [0.1, 0.15) is 21.7 Å². The van der Waals surface area contributed by atoms with E-state index in [9.17, 15) is 26.4 Å². The topological polar surface area (TPSA) is 153 Å². The van der Waals surface area contributed by atoms with E-state index in [4.69, 9.17) is 5.73 Å². The Morgan fingerprint density at radius 1 is 1.19 bits per heavy atom. The van der Waals surface area contributed by atoms with Crippen molar-refractivity contribution in [1.29, 1.82) is 0 Å². The minimum Gasteiger partial charge on any atom is -0.381 e. The fourth-order valence-corrected chi connectivity index (χ4v) is 5.51. The van der Waals surface area contributed by atoms with E-state index in [1.165, 1.54) is 35.5 Å². The monoisotopic (exact) mass is 535 g/mol. The van der Waals surface area contributed by atoms with Gasteiger partial charge in [-0.1, -0.05) is 6.07 Å². The molecule has 0 spiro atoms. The Morgan fingerprint density at radius 3 is 2.73 bits per heavy atom. The van der Waals surface area contributed by atoms with Gasteiger partial charge < -0.3 is 15.6 Å². The summed E-state index contributed by atoms with van der Waals surface area (Å²) in [4.78, 5) is 24.3. The van der Waals surface area contributed by atoms with Crippen molar-refractivity contribution in [2.24, 2.45) is 0 Å². The number of fused-ring (bicyclic) bond motifs is 2. The standard InChI is InChI=1S/C21H20F3N9O3S/c1-12-2-3-13(6-14(12)15-7-26-19-18(25)28-10-30-33(15)19)37(35,36)32-5-4-31-11-29-17(16(31)8-32)20(34)27-9-21(22,23)24/h2-3,6-7,10-11H,4-5,8-9H2,1H3,(H,27,34)(H2,25,28,30). The number of rotatable bonds is 5. The van der Waals surface area contributed by atoms with Crippen molar-refractivity contribution in [2.75, 3.05) is 18.8 Å². The van der Waals surface area contributed by atoms with Gasteiger partial charge in [0.15, 0.2) is 17.2 Å². The van der Waals surface area contributed by atoms with Crippen LogP contribution in [0.15, 0.2) is 41.9 Å². The van der Waals surface area contributed by atoms with E-state index in [0.29, 0.717) is 16.9 Å². The van der Waals surface area contributed by atoms with Crippen molar-refractivity contribution in [3.05, 3.63) is 54.0 Å². The van der Waals surface area contributed by atoms with Gasteiger partial charge in [0.25, 0.3) is 5.91 Å². The summed E-state index contributed by atoms with van der Waals surface area (Å²) in [6.45, 7) is 0.307. The van der Waals surface area contributed by atoms with Crippen LogP contribution in [0.4, 0.5) is 19.0 Å². The number of alkyl halides is 3. The van der Waals surface area contributed by atoms with Crippen LogP contribution in [0, 0.1) is 6.92 Å². The lowest BCUT2D eigenvalue weighted by Gasteiger charge is -2.28. The van der Waals surface area contributed by atoms with Crippen LogP contribution in [-0.2, 0) is 23.1 Å². The smallest absolute Gasteiger partial charge is 0.381 e. The van der Waals surface area contributed by atoms with Crippen molar-refractivity contribution in [1.82, 2.24) is 38.8 Å². The number of carbonyl (C=O) groups is 1. The highest BCUT2D eigenvalue weighted by Gasteiger charge is 2.34. The van der Waals surface area contributed by atoms with E-state index in [1.54, 1.807) is 22.9 Å². The summed E-state index contributed by atoms with van der Waals surface area (Å²) in [5.41, 5.74) is 7.97. The van der Waals surface area contributed by atoms with E-state index in [2.05, 4.69) is 20.1 Å². The highest BCUT2D eigenvalue weighted by atomic mass is 32.2. The molecule has 37 heavy (non-hydrogen) atoms. The summed E-state index contributed by atoms with van der Waals surface area (Å²) in [7, 11) is -4.06. The number of amides is 1. The molecule has 12 nitrogen and oxygen atoms in total. The predicted molar refractivity (Wildman–Crippen MR) is 124 cm³/mol. The summed E-state index contributed by atoms with van der Waals surface area (Å²) >= 11 is 0. The molecule has 1 amide bonds. The maximum absolute atomic E-state index is 13.6. The summed E-state index contributed by atoms with van der Waals surface area (Å²) in [6.07, 6.45) is -0.496. The number of benzene rings is 1. The Morgan fingerprint density at radius 2 is 1.97 bits per heavy atom. The lowest BCUT2D eigenvalue weighted by atomic mass is 10.1. The maximum Gasteiger partial charge on any atom is 0.405 e. The molecule has 0 saturated heterocycles. The molecule has 16 heteroatoms. The normalized spacial score (nSPS) is 14.6. The molecule has 4 heterocycles. The Balaban J connectivity index is 1.46. The molecule has 0 unspecified atom stereocenters. The van der Waals surface area contributed by atoms with Crippen molar-refractivity contribution in [3.8, 4) is 11.3 Å². The quantitative estimate of drug-likeness (QED) is 0.389. The first-order valence-electron chi connectivity index (χ1n) is 10.9. The molecule has 3 N–H and O–H groups in total. The Labute approximate surface area is 208 Å². The van der Waals surface area contributed by atoms with Crippen LogP contribution in [0.2, 0.25) is 0 Å². The zero-order chi connectivity index (χ0) is 26.5. The second-order valence-corrected chi connectivity index (χ2v) is 10.3. The molecular weight excluding hydrogens is 515 g/mol.